The Labute approximate surface area is 231 Å². The Morgan fingerprint density at radius 2 is 1.75 bits per heavy atom. The number of fused-ring (bicyclic) bond motifs is 1. The van der Waals surface area contributed by atoms with Gasteiger partial charge < -0.3 is 9.32 Å². The minimum absolute atomic E-state index is 0.00973. The molecule has 1 unspecified atom stereocenters. The minimum Gasteiger partial charge on any atom is -0.436 e. The summed E-state index contributed by atoms with van der Waals surface area (Å²) in [6.07, 6.45) is 1.08. The number of carbonyl (C=O) groups excluding carboxylic acids is 3. The molecule has 2 N–H and O–H groups in total. The average molecular weight is 561 g/mol. The van der Waals surface area contributed by atoms with Gasteiger partial charge in [0, 0.05) is 18.5 Å². The third kappa shape index (κ3) is 5.51. The van der Waals surface area contributed by atoms with E-state index in [0.29, 0.717) is 35.6 Å². The van der Waals surface area contributed by atoms with Crippen LogP contribution in [-0.2, 0) is 30.8 Å². The van der Waals surface area contributed by atoms with Gasteiger partial charge in [-0.25, -0.2) is 23.4 Å². The number of oxazole rings is 1. The summed E-state index contributed by atoms with van der Waals surface area (Å²) in [5.41, 5.74) is 3.26. The fourth-order valence-corrected chi connectivity index (χ4v) is 5.30. The lowest BCUT2D eigenvalue weighted by Gasteiger charge is -2.28. The highest BCUT2D eigenvalue weighted by Crippen LogP contribution is 2.30. The summed E-state index contributed by atoms with van der Waals surface area (Å²) in [4.78, 5) is 46.6. The quantitative estimate of drug-likeness (QED) is 0.308. The van der Waals surface area contributed by atoms with E-state index in [0.717, 1.165) is 16.0 Å². The second-order valence-corrected chi connectivity index (χ2v) is 11.2. The molecule has 0 saturated carbocycles. The van der Waals surface area contributed by atoms with Gasteiger partial charge in [-0.2, -0.15) is 0 Å². The number of hydrogen-bond acceptors (Lipinski definition) is 7. The molecule has 11 heteroatoms. The lowest BCUT2D eigenvalue weighted by atomic mass is 10.1. The van der Waals surface area contributed by atoms with E-state index in [1.165, 1.54) is 17.0 Å². The predicted molar refractivity (Wildman–Crippen MR) is 148 cm³/mol. The predicted octanol–water partition coefficient (Wildman–Crippen LogP) is 3.65. The lowest BCUT2D eigenvalue weighted by Crippen LogP contribution is -2.46. The summed E-state index contributed by atoms with van der Waals surface area (Å²) in [5, 5.41) is 5.17. The molecule has 2 heterocycles. The van der Waals surface area contributed by atoms with Gasteiger partial charge in [-0.15, -0.1) is 0 Å². The number of aromatic nitrogens is 1. The van der Waals surface area contributed by atoms with E-state index < -0.39 is 27.9 Å². The van der Waals surface area contributed by atoms with Gasteiger partial charge in [-0.05, 0) is 66.9 Å². The number of para-hydroxylation sites is 2. The van der Waals surface area contributed by atoms with E-state index in [4.69, 9.17) is 9.56 Å². The van der Waals surface area contributed by atoms with Gasteiger partial charge >= 0.3 is 0 Å². The number of anilines is 1. The number of nitrogens with zero attached hydrogens (tertiary/aromatic N) is 3. The molecule has 40 heavy (non-hydrogen) atoms. The van der Waals surface area contributed by atoms with E-state index in [-0.39, 0.29) is 30.2 Å². The number of imide groups is 1. The molecule has 3 amide bonds. The standard InChI is InChI=1S/C29H28N4O6S/c1-2-5-26(34)32(17-16-19-8-14-22(15-9-19)40(30,37)38)24-18-27(35)33(29(24)36)21-12-10-20(11-13-21)28-31-23-6-3-4-7-25(23)39-28/h3-4,6-15,24H,2,5,16-18H2,1H3,(H2,30,37,38). The number of nitrogens with two attached hydrogens (primary N) is 1. The zero-order valence-corrected chi connectivity index (χ0v) is 22.6. The van der Waals surface area contributed by atoms with E-state index >= 15 is 0 Å². The highest BCUT2D eigenvalue weighted by molar-refractivity contribution is 7.89. The van der Waals surface area contributed by atoms with Gasteiger partial charge in [0.05, 0.1) is 17.0 Å². The number of hydrogen-bond donors (Lipinski definition) is 1. The van der Waals surface area contributed by atoms with Crippen LogP contribution in [-0.4, -0.2) is 48.6 Å². The molecule has 10 nitrogen and oxygen atoms in total. The lowest BCUT2D eigenvalue weighted by molar-refractivity contribution is -0.138. The van der Waals surface area contributed by atoms with Gasteiger partial charge in [0.25, 0.3) is 5.91 Å². The SMILES string of the molecule is CCCC(=O)N(CCc1ccc(S(N)(=O)=O)cc1)C1CC(=O)N(c2ccc(-c3nc4ccccc4o3)cc2)C1=O. The van der Waals surface area contributed by atoms with E-state index in [1.807, 2.05) is 31.2 Å². The fourth-order valence-electron chi connectivity index (χ4n) is 4.79. The van der Waals surface area contributed by atoms with Crippen LogP contribution < -0.4 is 10.0 Å². The first-order chi connectivity index (χ1) is 19.2. The first-order valence-electron chi connectivity index (χ1n) is 12.9. The molecule has 1 aliphatic heterocycles. The molecule has 206 valence electrons. The van der Waals surface area contributed by atoms with Crippen molar-refractivity contribution in [2.75, 3.05) is 11.4 Å². The van der Waals surface area contributed by atoms with Gasteiger partial charge in [0.15, 0.2) is 5.58 Å². The summed E-state index contributed by atoms with van der Waals surface area (Å²) in [7, 11) is -3.82. The number of primary sulfonamides is 1. The van der Waals surface area contributed by atoms with Crippen LogP contribution in [0.2, 0.25) is 0 Å². The topological polar surface area (TPSA) is 144 Å². The Kier molecular flexibility index (Phi) is 7.51. The second kappa shape index (κ2) is 11.0. The molecule has 3 aromatic carbocycles. The summed E-state index contributed by atoms with van der Waals surface area (Å²) < 4.78 is 28.9. The molecular formula is C29H28N4O6S. The van der Waals surface area contributed by atoms with Crippen molar-refractivity contribution >= 4 is 44.5 Å². The molecule has 0 aliphatic carbocycles. The van der Waals surface area contributed by atoms with Gasteiger partial charge in [-0.1, -0.05) is 31.2 Å². The molecule has 4 aromatic rings. The van der Waals surface area contributed by atoms with E-state index in [1.54, 1.807) is 36.4 Å². The van der Waals surface area contributed by atoms with Gasteiger partial charge in [0.2, 0.25) is 27.7 Å². The van der Waals surface area contributed by atoms with Crippen LogP contribution in [0, 0.1) is 0 Å². The molecule has 5 rings (SSSR count). The zero-order chi connectivity index (χ0) is 28.4. The summed E-state index contributed by atoms with van der Waals surface area (Å²) in [6.45, 7) is 2.07. The maximum atomic E-state index is 13.5. The zero-order valence-electron chi connectivity index (χ0n) is 21.8. The van der Waals surface area contributed by atoms with Crippen LogP contribution >= 0.6 is 0 Å². The van der Waals surface area contributed by atoms with Crippen LogP contribution in [0.25, 0.3) is 22.6 Å². The number of rotatable bonds is 9. The summed E-state index contributed by atoms with van der Waals surface area (Å²) in [5.74, 6) is -0.647. The smallest absolute Gasteiger partial charge is 0.257 e. The van der Waals surface area contributed by atoms with Gasteiger partial charge in [-0.3, -0.25) is 14.4 Å². The van der Waals surface area contributed by atoms with Crippen molar-refractivity contribution < 1.29 is 27.2 Å². The van der Waals surface area contributed by atoms with Crippen LogP contribution in [0.1, 0.15) is 31.7 Å². The maximum absolute atomic E-state index is 13.5. The van der Waals surface area contributed by atoms with Crippen LogP contribution in [0.3, 0.4) is 0 Å². The third-order valence-corrected chi connectivity index (χ3v) is 7.77. The number of carbonyl (C=O) groups is 3. The Morgan fingerprint density at radius 3 is 2.40 bits per heavy atom. The monoisotopic (exact) mass is 560 g/mol. The molecule has 0 spiro atoms. The molecule has 1 fully saturated rings. The van der Waals surface area contributed by atoms with Crippen molar-refractivity contribution in [3.63, 3.8) is 0 Å². The van der Waals surface area contributed by atoms with Crippen molar-refractivity contribution in [1.29, 1.82) is 0 Å². The number of benzene rings is 3. The molecular weight excluding hydrogens is 532 g/mol. The molecule has 1 saturated heterocycles. The minimum atomic E-state index is -3.82. The third-order valence-electron chi connectivity index (χ3n) is 6.84. The van der Waals surface area contributed by atoms with Crippen molar-refractivity contribution in [3.05, 3.63) is 78.4 Å². The van der Waals surface area contributed by atoms with Crippen molar-refractivity contribution in [3.8, 4) is 11.5 Å². The van der Waals surface area contributed by atoms with E-state index in [9.17, 15) is 22.8 Å². The molecule has 1 aliphatic rings. The molecule has 0 bridgehead atoms. The van der Waals surface area contributed by atoms with Crippen LogP contribution in [0.15, 0.2) is 82.1 Å². The number of amides is 3. The Morgan fingerprint density at radius 1 is 1.05 bits per heavy atom. The van der Waals surface area contributed by atoms with Gasteiger partial charge in [0.1, 0.15) is 11.6 Å². The summed E-state index contributed by atoms with van der Waals surface area (Å²) in [6, 6.07) is 19.3. The fraction of sp³-hybridized carbons (Fsp3) is 0.241. The Bertz CT molecular complexity index is 1650. The molecule has 0 radical (unpaired) electrons. The van der Waals surface area contributed by atoms with Crippen molar-refractivity contribution in [2.24, 2.45) is 5.14 Å². The van der Waals surface area contributed by atoms with Crippen molar-refractivity contribution in [2.45, 2.75) is 43.5 Å². The second-order valence-electron chi connectivity index (χ2n) is 9.60. The van der Waals surface area contributed by atoms with E-state index in [2.05, 4.69) is 4.98 Å². The Hall–Kier alpha value is -4.35. The Balaban J connectivity index is 1.33. The molecule has 1 atom stereocenters. The summed E-state index contributed by atoms with van der Waals surface area (Å²) >= 11 is 0. The first kappa shape index (κ1) is 27.2. The maximum Gasteiger partial charge on any atom is 0.257 e. The first-order valence-corrected chi connectivity index (χ1v) is 14.4. The van der Waals surface area contributed by atoms with Crippen molar-refractivity contribution in [1.82, 2.24) is 9.88 Å². The largest absolute Gasteiger partial charge is 0.436 e. The average Bonchev–Trinajstić information content (AvgIpc) is 3.49. The normalized spacial score (nSPS) is 15.7. The highest BCUT2D eigenvalue weighted by atomic mass is 32.2. The molecule has 1 aromatic heterocycles. The van der Waals surface area contributed by atoms with Crippen LogP contribution in [0.5, 0.6) is 0 Å². The highest BCUT2D eigenvalue weighted by Gasteiger charge is 2.44. The van der Waals surface area contributed by atoms with Crippen LogP contribution in [0.4, 0.5) is 5.69 Å². The number of sulfonamides is 1.